The smallest absolute Gasteiger partial charge is 0.269 e. The van der Waals surface area contributed by atoms with Gasteiger partial charge in [0.1, 0.15) is 4.90 Å². The first kappa shape index (κ1) is 22.5. The highest BCUT2D eigenvalue weighted by Gasteiger charge is 2.35. The SMILES string of the molecule is CN(C(=O)C1CCN(S(=O)(=O)c2c(Cl)cccc2Cl)CC1)c1ccc([N+](=O)[O-])cc1. The minimum absolute atomic E-state index is 0.0543. The Kier molecular flexibility index (Phi) is 6.66. The first-order valence-corrected chi connectivity index (χ1v) is 11.3. The number of non-ortho nitro benzene ring substituents is 1. The number of benzene rings is 2. The van der Waals surface area contributed by atoms with E-state index < -0.39 is 14.9 Å². The summed E-state index contributed by atoms with van der Waals surface area (Å²) in [6.07, 6.45) is 0.689. The van der Waals surface area contributed by atoms with Crippen LogP contribution in [0.4, 0.5) is 11.4 Å². The second-order valence-electron chi connectivity index (χ2n) is 6.90. The second-order valence-corrected chi connectivity index (χ2v) is 9.59. The molecule has 1 amide bonds. The molecule has 1 aliphatic rings. The van der Waals surface area contributed by atoms with E-state index in [0.717, 1.165) is 0 Å². The molecule has 30 heavy (non-hydrogen) atoms. The average molecular weight is 472 g/mol. The number of nitro groups is 1. The van der Waals surface area contributed by atoms with Crippen LogP contribution in [0.1, 0.15) is 12.8 Å². The van der Waals surface area contributed by atoms with Gasteiger partial charge in [-0.15, -0.1) is 0 Å². The van der Waals surface area contributed by atoms with Crippen molar-refractivity contribution in [1.29, 1.82) is 0 Å². The van der Waals surface area contributed by atoms with Gasteiger partial charge in [0, 0.05) is 43.9 Å². The molecule has 0 atom stereocenters. The van der Waals surface area contributed by atoms with Crippen molar-refractivity contribution < 1.29 is 18.1 Å². The summed E-state index contributed by atoms with van der Waals surface area (Å²) < 4.78 is 27.2. The zero-order valence-electron chi connectivity index (χ0n) is 16.0. The van der Waals surface area contributed by atoms with Crippen LogP contribution in [-0.2, 0) is 14.8 Å². The lowest BCUT2D eigenvalue weighted by Crippen LogP contribution is -2.43. The molecule has 0 spiro atoms. The van der Waals surface area contributed by atoms with Crippen molar-refractivity contribution in [1.82, 2.24) is 4.31 Å². The summed E-state index contributed by atoms with van der Waals surface area (Å²) in [7, 11) is -2.28. The van der Waals surface area contributed by atoms with Gasteiger partial charge in [-0.3, -0.25) is 14.9 Å². The fourth-order valence-electron chi connectivity index (χ4n) is 3.40. The van der Waals surface area contributed by atoms with Crippen molar-refractivity contribution in [3.63, 3.8) is 0 Å². The molecule has 3 rings (SSSR count). The van der Waals surface area contributed by atoms with Crippen LogP contribution in [-0.4, -0.2) is 43.7 Å². The highest BCUT2D eigenvalue weighted by Crippen LogP contribution is 2.34. The summed E-state index contributed by atoms with van der Waals surface area (Å²) in [5.41, 5.74) is 0.472. The summed E-state index contributed by atoms with van der Waals surface area (Å²) in [4.78, 5) is 24.4. The Labute approximate surface area is 184 Å². The molecule has 0 bridgehead atoms. The standard InChI is InChI=1S/C19H19Cl2N3O5S/c1-22(14-5-7-15(8-6-14)24(26)27)19(25)13-9-11-23(12-10-13)30(28,29)18-16(20)3-2-4-17(18)21/h2-8,13H,9-12H2,1H3. The van der Waals surface area contributed by atoms with E-state index in [9.17, 15) is 23.3 Å². The van der Waals surface area contributed by atoms with Crippen LogP contribution in [0.15, 0.2) is 47.4 Å². The molecule has 8 nitrogen and oxygen atoms in total. The predicted molar refractivity (Wildman–Crippen MR) is 114 cm³/mol. The Morgan fingerprint density at radius 1 is 1.10 bits per heavy atom. The van der Waals surface area contributed by atoms with E-state index in [1.165, 1.54) is 45.6 Å². The number of sulfonamides is 1. The van der Waals surface area contributed by atoms with Gasteiger partial charge >= 0.3 is 0 Å². The number of anilines is 1. The fraction of sp³-hybridized carbons (Fsp3) is 0.316. The maximum atomic E-state index is 13.0. The zero-order chi connectivity index (χ0) is 22.1. The van der Waals surface area contributed by atoms with Gasteiger partial charge in [-0.25, -0.2) is 8.42 Å². The van der Waals surface area contributed by atoms with Crippen molar-refractivity contribution in [3.05, 3.63) is 62.6 Å². The Morgan fingerprint density at radius 2 is 1.63 bits per heavy atom. The fourth-order valence-corrected chi connectivity index (χ4v) is 5.96. The van der Waals surface area contributed by atoms with E-state index in [1.54, 1.807) is 13.1 Å². The second kappa shape index (κ2) is 8.89. The molecule has 2 aromatic carbocycles. The summed E-state index contributed by atoms with van der Waals surface area (Å²) in [5, 5.41) is 10.9. The molecule has 0 aliphatic carbocycles. The van der Waals surface area contributed by atoms with Crippen LogP contribution in [0.2, 0.25) is 10.0 Å². The van der Waals surface area contributed by atoms with Gasteiger partial charge < -0.3 is 4.90 Å². The maximum Gasteiger partial charge on any atom is 0.269 e. The lowest BCUT2D eigenvalue weighted by molar-refractivity contribution is -0.384. The molecular formula is C19H19Cl2N3O5S. The molecule has 0 unspecified atom stereocenters. The Balaban J connectivity index is 1.69. The summed E-state index contributed by atoms with van der Waals surface area (Å²) in [6, 6.07) is 10.2. The molecule has 1 aliphatic heterocycles. The molecule has 1 saturated heterocycles. The highest BCUT2D eigenvalue weighted by molar-refractivity contribution is 7.89. The quantitative estimate of drug-likeness (QED) is 0.484. The molecule has 0 radical (unpaired) electrons. The van der Waals surface area contributed by atoms with Crippen molar-refractivity contribution in [2.75, 3.05) is 25.0 Å². The molecular weight excluding hydrogens is 453 g/mol. The minimum atomic E-state index is -3.88. The third-order valence-electron chi connectivity index (χ3n) is 5.10. The van der Waals surface area contributed by atoms with Gasteiger partial charge in [-0.2, -0.15) is 4.31 Å². The topological polar surface area (TPSA) is 101 Å². The predicted octanol–water partition coefficient (Wildman–Crippen LogP) is 3.97. The minimum Gasteiger partial charge on any atom is -0.315 e. The number of nitrogens with zero attached hydrogens (tertiary/aromatic N) is 3. The molecule has 160 valence electrons. The number of amides is 1. The summed E-state index contributed by atoms with van der Waals surface area (Å²) in [6.45, 7) is 0.322. The molecule has 11 heteroatoms. The van der Waals surface area contributed by atoms with Crippen LogP contribution in [0.3, 0.4) is 0 Å². The molecule has 1 heterocycles. The van der Waals surface area contributed by atoms with Crippen molar-refractivity contribution in [2.45, 2.75) is 17.7 Å². The monoisotopic (exact) mass is 471 g/mol. The first-order valence-electron chi connectivity index (χ1n) is 9.09. The number of nitro benzene ring substituents is 1. The first-order chi connectivity index (χ1) is 14.1. The Morgan fingerprint density at radius 3 is 2.13 bits per heavy atom. The molecule has 0 N–H and O–H groups in total. The highest BCUT2D eigenvalue weighted by atomic mass is 35.5. The van der Waals surface area contributed by atoms with E-state index in [4.69, 9.17) is 23.2 Å². The summed E-state index contributed by atoms with van der Waals surface area (Å²) in [5.74, 6) is -0.532. The number of hydrogen-bond donors (Lipinski definition) is 0. The number of carbonyl (C=O) groups excluding carboxylic acids is 1. The molecule has 1 fully saturated rings. The maximum absolute atomic E-state index is 13.0. The molecule has 0 aromatic heterocycles. The van der Waals surface area contributed by atoms with Crippen LogP contribution >= 0.6 is 23.2 Å². The third kappa shape index (κ3) is 4.44. The number of piperidine rings is 1. The zero-order valence-corrected chi connectivity index (χ0v) is 18.3. The lowest BCUT2D eigenvalue weighted by atomic mass is 9.96. The Hall–Kier alpha value is -2.20. The van der Waals surface area contributed by atoms with Crippen LogP contribution in [0, 0.1) is 16.0 Å². The van der Waals surface area contributed by atoms with Crippen LogP contribution in [0.25, 0.3) is 0 Å². The number of carbonyl (C=O) groups is 1. The largest absolute Gasteiger partial charge is 0.315 e. The number of rotatable bonds is 5. The van der Waals surface area contributed by atoms with Gasteiger partial charge in [0.05, 0.1) is 15.0 Å². The van der Waals surface area contributed by atoms with E-state index in [2.05, 4.69) is 0 Å². The van der Waals surface area contributed by atoms with Crippen molar-refractivity contribution in [3.8, 4) is 0 Å². The molecule has 2 aromatic rings. The lowest BCUT2D eigenvalue weighted by Gasteiger charge is -2.32. The van der Waals surface area contributed by atoms with Gasteiger partial charge in [-0.05, 0) is 37.1 Å². The Bertz CT molecular complexity index is 1050. The van der Waals surface area contributed by atoms with E-state index >= 15 is 0 Å². The summed E-state index contributed by atoms with van der Waals surface area (Å²) >= 11 is 12.1. The van der Waals surface area contributed by atoms with Gasteiger partial charge in [-0.1, -0.05) is 29.3 Å². The van der Waals surface area contributed by atoms with E-state index in [-0.39, 0.29) is 45.5 Å². The van der Waals surface area contributed by atoms with Crippen molar-refractivity contribution >= 4 is 50.5 Å². The van der Waals surface area contributed by atoms with Gasteiger partial charge in [0.15, 0.2) is 0 Å². The number of hydrogen-bond acceptors (Lipinski definition) is 5. The van der Waals surface area contributed by atoms with Gasteiger partial charge in [0.2, 0.25) is 15.9 Å². The van der Waals surface area contributed by atoms with E-state index in [1.807, 2.05) is 0 Å². The third-order valence-corrected chi connectivity index (χ3v) is 7.95. The normalized spacial score (nSPS) is 15.7. The number of halogens is 2. The van der Waals surface area contributed by atoms with Crippen molar-refractivity contribution in [2.24, 2.45) is 5.92 Å². The van der Waals surface area contributed by atoms with Crippen LogP contribution in [0.5, 0.6) is 0 Å². The van der Waals surface area contributed by atoms with E-state index in [0.29, 0.717) is 18.5 Å². The molecule has 0 saturated carbocycles. The average Bonchev–Trinajstić information content (AvgIpc) is 2.72. The van der Waals surface area contributed by atoms with Crippen LogP contribution < -0.4 is 4.90 Å². The van der Waals surface area contributed by atoms with Gasteiger partial charge in [0.25, 0.3) is 5.69 Å².